The van der Waals surface area contributed by atoms with E-state index in [1.54, 1.807) is 12.1 Å². The van der Waals surface area contributed by atoms with Gasteiger partial charge >= 0.3 is 5.97 Å². The van der Waals surface area contributed by atoms with Gasteiger partial charge in [-0.2, -0.15) is 0 Å². The topological polar surface area (TPSA) is 70.2 Å². The Balaban J connectivity index is 2.47. The molecule has 0 aliphatic rings. The van der Waals surface area contributed by atoms with E-state index in [2.05, 4.69) is 4.98 Å². The summed E-state index contributed by atoms with van der Waals surface area (Å²) >= 11 is 0. The average Bonchev–Trinajstić information content (AvgIpc) is 2.30. The lowest BCUT2D eigenvalue weighted by molar-refractivity contribution is -0.141. The fourth-order valence-corrected chi connectivity index (χ4v) is 1.79. The molecule has 1 heterocycles. The van der Waals surface area contributed by atoms with Crippen LogP contribution >= 0.6 is 0 Å². The minimum atomic E-state index is -0.950. The molecule has 0 saturated carbocycles. The number of carboxylic acid groups (broad SMARTS) is 1. The van der Waals surface area contributed by atoms with Crippen molar-refractivity contribution in [1.82, 2.24) is 4.98 Å². The molecule has 0 bridgehead atoms. The second kappa shape index (κ2) is 4.60. The number of carbonyl (C=O) groups is 1. The van der Waals surface area contributed by atoms with Crippen molar-refractivity contribution in [1.29, 1.82) is 0 Å². The first-order valence-electron chi connectivity index (χ1n) is 5.51. The normalized spacial score (nSPS) is 12.6. The van der Waals surface area contributed by atoms with Crippen LogP contribution in [0.1, 0.15) is 12.5 Å². The Labute approximate surface area is 102 Å². The molecule has 0 fully saturated rings. The predicted octanol–water partition coefficient (Wildman–Crippen LogP) is 1.93. The Hall–Kier alpha value is -2.17. The predicted molar refractivity (Wildman–Crippen MR) is 65.0 cm³/mol. The van der Waals surface area contributed by atoms with Gasteiger partial charge in [-0.05, 0) is 36.1 Å². The molecule has 2 aromatic rings. The molecule has 0 saturated heterocycles. The number of aromatic amines is 1. The summed E-state index contributed by atoms with van der Waals surface area (Å²) in [4.78, 5) is 25.0. The number of rotatable bonds is 3. The maximum absolute atomic E-state index is 13.0. The fraction of sp³-hybridized carbons (Fsp3) is 0.231. The van der Waals surface area contributed by atoms with Crippen LogP contribution in [0.15, 0.2) is 29.1 Å². The summed E-state index contributed by atoms with van der Waals surface area (Å²) in [6.07, 6.45) is 0.151. The third-order valence-electron chi connectivity index (χ3n) is 2.83. The maximum Gasteiger partial charge on any atom is 0.306 e. The van der Waals surface area contributed by atoms with Crippen LogP contribution in [0.4, 0.5) is 4.39 Å². The number of aliphatic carboxylic acids is 1. The van der Waals surface area contributed by atoms with Gasteiger partial charge in [-0.3, -0.25) is 9.59 Å². The largest absolute Gasteiger partial charge is 0.481 e. The number of aromatic nitrogens is 1. The molecule has 2 N–H and O–H groups in total. The molecule has 5 heteroatoms. The third kappa shape index (κ3) is 2.40. The summed E-state index contributed by atoms with van der Waals surface area (Å²) in [6.45, 7) is 1.54. The third-order valence-corrected chi connectivity index (χ3v) is 2.83. The van der Waals surface area contributed by atoms with Crippen molar-refractivity contribution in [2.24, 2.45) is 5.92 Å². The second-order valence-corrected chi connectivity index (χ2v) is 4.30. The van der Waals surface area contributed by atoms with Crippen LogP contribution in [0.2, 0.25) is 0 Å². The number of carboxylic acids is 1. The van der Waals surface area contributed by atoms with Crippen molar-refractivity contribution in [2.45, 2.75) is 13.3 Å². The number of hydrogen-bond acceptors (Lipinski definition) is 2. The van der Waals surface area contributed by atoms with Crippen molar-refractivity contribution in [2.75, 3.05) is 0 Å². The molecule has 0 radical (unpaired) electrons. The molecule has 4 nitrogen and oxygen atoms in total. The van der Waals surface area contributed by atoms with Crippen LogP contribution < -0.4 is 5.56 Å². The number of halogens is 1. The van der Waals surface area contributed by atoms with Crippen molar-refractivity contribution >= 4 is 16.9 Å². The minimum absolute atomic E-state index is 0.151. The van der Waals surface area contributed by atoms with Gasteiger partial charge in [0.2, 0.25) is 0 Å². The van der Waals surface area contributed by atoms with E-state index in [1.165, 1.54) is 19.1 Å². The molecule has 0 amide bonds. The SMILES string of the molecule is CC(Cc1cc2ccc(F)cc2[nH]c1=O)C(=O)O. The summed E-state index contributed by atoms with van der Waals surface area (Å²) in [5, 5.41) is 9.51. The molecule has 0 aliphatic heterocycles. The van der Waals surface area contributed by atoms with Gasteiger partial charge in [0, 0.05) is 5.56 Å². The Bertz CT molecular complexity index is 663. The highest BCUT2D eigenvalue weighted by Crippen LogP contribution is 2.14. The van der Waals surface area contributed by atoms with Gasteiger partial charge in [0.05, 0.1) is 11.4 Å². The molecule has 94 valence electrons. The quantitative estimate of drug-likeness (QED) is 0.873. The smallest absolute Gasteiger partial charge is 0.306 e. The fourth-order valence-electron chi connectivity index (χ4n) is 1.79. The summed E-state index contributed by atoms with van der Waals surface area (Å²) < 4.78 is 13.0. The van der Waals surface area contributed by atoms with Gasteiger partial charge in [-0.15, -0.1) is 0 Å². The highest BCUT2D eigenvalue weighted by molar-refractivity contribution is 5.79. The highest BCUT2D eigenvalue weighted by Gasteiger charge is 2.14. The summed E-state index contributed by atoms with van der Waals surface area (Å²) in [6, 6.07) is 5.69. The molecule has 2 rings (SSSR count). The van der Waals surface area contributed by atoms with Gasteiger partial charge in [0.25, 0.3) is 5.56 Å². The highest BCUT2D eigenvalue weighted by atomic mass is 19.1. The first kappa shape index (κ1) is 12.3. The number of hydrogen-bond donors (Lipinski definition) is 2. The van der Waals surface area contributed by atoms with E-state index in [4.69, 9.17) is 5.11 Å². The lowest BCUT2D eigenvalue weighted by Crippen LogP contribution is -2.19. The van der Waals surface area contributed by atoms with E-state index in [9.17, 15) is 14.0 Å². The number of pyridine rings is 1. The van der Waals surface area contributed by atoms with Crippen molar-refractivity contribution in [3.8, 4) is 0 Å². The van der Waals surface area contributed by atoms with E-state index < -0.39 is 17.7 Å². The monoisotopic (exact) mass is 249 g/mol. The molecule has 1 aromatic heterocycles. The Morgan fingerprint density at radius 2 is 2.17 bits per heavy atom. The van der Waals surface area contributed by atoms with Gasteiger partial charge in [0.15, 0.2) is 0 Å². The summed E-state index contributed by atoms with van der Waals surface area (Å²) in [7, 11) is 0. The van der Waals surface area contributed by atoms with Crippen LogP contribution in [0.25, 0.3) is 10.9 Å². The number of H-pyrrole nitrogens is 1. The van der Waals surface area contributed by atoms with Gasteiger partial charge in [-0.1, -0.05) is 6.92 Å². The molecule has 1 atom stereocenters. The van der Waals surface area contributed by atoms with Crippen LogP contribution in [-0.4, -0.2) is 16.1 Å². The van der Waals surface area contributed by atoms with E-state index in [0.717, 1.165) is 0 Å². The molecular formula is C13H12FNO3. The minimum Gasteiger partial charge on any atom is -0.481 e. The van der Waals surface area contributed by atoms with E-state index in [1.807, 2.05) is 0 Å². The first-order chi connectivity index (χ1) is 8.47. The van der Waals surface area contributed by atoms with E-state index >= 15 is 0 Å². The molecule has 1 unspecified atom stereocenters. The standard InChI is InChI=1S/C13H12FNO3/c1-7(13(17)18)4-9-5-8-2-3-10(14)6-11(8)15-12(9)16/h2-3,5-7H,4H2,1H3,(H,15,16)(H,17,18). The van der Waals surface area contributed by atoms with Crippen LogP contribution in [0, 0.1) is 11.7 Å². The Morgan fingerprint density at radius 3 is 2.83 bits per heavy atom. The zero-order chi connectivity index (χ0) is 13.3. The van der Waals surface area contributed by atoms with Gasteiger partial charge in [-0.25, -0.2) is 4.39 Å². The zero-order valence-corrected chi connectivity index (χ0v) is 9.74. The van der Waals surface area contributed by atoms with Crippen LogP contribution in [0.5, 0.6) is 0 Å². The van der Waals surface area contributed by atoms with Gasteiger partial charge < -0.3 is 10.1 Å². The van der Waals surface area contributed by atoms with Crippen molar-refractivity contribution in [3.63, 3.8) is 0 Å². The lowest BCUT2D eigenvalue weighted by atomic mass is 10.0. The van der Waals surface area contributed by atoms with Gasteiger partial charge in [0.1, 0.15) is 5.82 Å². The molecule has 0 aliphatic carbocycles. The van der Waals surface area contributed by atoms with Crippen LogP contribution in [-0.2, 0) is 11.2 Å². The van der Waals surface area contributed by atoms with Crippen LogP contribution in [0.3, 0.4) is 0 Å². The molecule has 0 spiro atoms. The van der Waals surface area contributed by atoms with E-state index in [-0.39, 0.29) is 12.0 Å². The number of fused-ring (bicyclic) bond motifs is 1. The number of benzene rings is 1. The van der Waals surface area contributed by atoms with Crippen molar-refractivity contribution in [3.05, 3.63) is 46.0 Å². The summed E-state index contributed by atoms with van der Waals surface area (Å²) in [5.41, 5.74) is 0.428. The summed E-state index contributed by atoms with van der Waals surface area (Å²) in [5.74, 6) is -2.01. The molecule has 1 aromatic carbocycles. The molecular weight excluding hydrogens is 237 g/mol. The first-order valence-corrected chi connectivity index (χ1v) is 5.51. The Kier molecular flexibility index (Phi) is 3.14. The number of nitrogens with one attached hydrogen (secondary N) is 1. The Morgan fingerprint density at radius 1 is 1.44 bits per heavy atom. The molecule has 18 heavy (non-hydrogen) atoms. The zero-order valence-electron chi connectivity index (χ0n) is 9.74. The lowest BCUT2D eigenvalue weighted by Gasteiger charge is -2.06. The van der Waals surface area contributed by atoms with E-state index in [0.29, 0.717) is 16.5 Å². The second-order valence-electron chi connectivity index (χ2n) is 4.30. The van der Waals surface area contributed by atoms with Crippen molar-refractivity contribution < 1.29 is 14.3 Å². The maximum atomic E-state index is 13.0. The average molecular weight is 249 g/mol.